The number of ether oxygens (including phenoxy) is 1. The van der Waals surface area contributed by atoms with Crippen LogP contribution in [-0.4, -0.2) is 30.3 Å². The molecule has 0 atom stereocenters. The molecule has 5 nitrogen and oxygen atoms in total. The number of halogens is 2. The van der Waals surface area contributed by atoms with Gasteiger partial charge in [-0.05, 0) is 72.2 Å². The lowest BCUT2D eigenvalue weighted by atomic mass is 10.00. The summed E-state index contributed by atoms with van der Waals surface area (Å²) in [6.45, 7) is 1.38. The van der Waals surface area contributed by atoms with Crippen LogP contribution in [0.5, 0.6) is 11.5 Å². The van der Waals surface area contributed by atoms with Crippen LogP contribution in [0.1, 0.15) is 22.3 Å². The van der Waals surface area contributed by atoms with Crippen molar-refractivity contribution in [3.63, 3.8) is 0 Å². The Morgan fingerprint density at radius 1 is 0.938 bits per heavy atom. The first-order valence-corrected chi connectivity index (χ1v) is 10.8. The summed E-state index contributed by atoms with van der Waals surface area (Å²) in [5, 5.41) is 3.55. The summed E-state index contributed by atoms with van der Waals surface area (Å²) < 4.78 is 5.91. The lowest BCUT2D eigenvalue weighted by molar-refractivity contribution is -0.117. The lowest BCUT2D eigenvalue weighted by Gasteiger charge is -2.22. The molecule has 1 aliphatic rings. The smallest absolute Gasteiger partial charge is 0.255 e. The second-order valence-corrected chi connectivity index (χ2v) is 8.13. The van der Waals surface area contributed by atoms with Crippen molar-refractivity contribution in [1.82, 2.24) is 4.90 Å². The zero-order chi connectivity index (χ0) is 22.5. The first-order chi connectivity index (χ1) is 15.5. The Labute approximate surface area is 196 Å². The second kappa shape index (κ2) is 9.90. The highest BCUT2D eigenvalue weighted by Crippen LogP contribution is 2.28. The van der Waals surface area contributed by atoms with Crippen LogP contribution in [0, 0.1) is 0 Å². The Bertz CT molecular complexity index is 1160. The molecule has 1 aliphatic heterocycles. The van der Waals surface area contributed by atoms with Gasteiger partial charge in [0, 0.05) is 24.3 Å². The van der Waals surface area contributed by atoms with E-state index in [4.69, 9.17) is 27.9 Å². The molecule has 32 heavy (non-hydrogen) atoms. The Morgan fingerprint density at radius 2 is 1.62 bits per heavy atom. The summed E-state index contributed by atoms with van der Waals surface area (Å²) in [7, 11) is 0. The maximum absolute atomic E-state index is 12.4. The number of carbonyl (C=O) groups is 2. The van der Waals surface area contributed by atoms with E-state index in [9.17, 15) is 9.59 Å². The van der Waals surface area contributed by atoms with Crippen LogP contribution >= 0.6 is 23.2 Å². The lowest BCUT2D eigenvalue weighted by Crippen LogP contribution is -2.26. The number of amides is 2. The molecule has 0 spiro atoms. The molecule has 0 fully saturated rings. The molecule has 0 saturated heterocycles. The summed E-state index contributed by atoms with van der Waals surface area (Å²) in [6.07, 6.45) is 3.81. The number of benzene rings is 3. The summed E-state index contributed by atoms with van der Waals surface area (Å²) >= 11 is 11.9. The molecule has 1 N–H and O–H groups in total. The van der Waals surface area contributed by atoms with Crippen LogP contribution in [0.2, 0.25) is 10.0 Å². The predicted octanol–water partition coefficient (Wildman–Crippen LogP) is 6.28. The van der Waals surface area contributed by atoms with Crippen LogP contribution in [-0.2, 0) is 4.79 Å². The molecule has 7 heteroatoms. The highest BCUT2D eigenvalue weighted by Gasteiger charge is 2.12. The maximum Gasteiger partial charge on any atom is 0.255 e. The van der Waals surface area contributed by atoms with Crippen molar-refractivity contribution in [2.24, 2.45) is 0 Å². The van der Waals surface area contributed by atoms with Crippen molar-refractivity contribution in [3.8, 4) is 11.5 Å². The normalized spacial score (nSPS) is 13.3. The maximum atomic E-state index is 12.4. The van der Waals surface area contributed by atoms with Gasteiger partial charge < -0.3 is 15.0 Å². The van der Waals surface area contributed by atoms with Crippen molar-refractivity contribution in [2.75, 3.05) is 18.4 Å². The Kier molecular flexibility index (Phi) is 6.78. The second-order valence-electron chi connectivity index (χ2n) is 7.31. The van der Waals surface area contributed by atoms with Crippen molar-refractivity contribution in [3.05, 3.63) is 94.0 Å². The summed E-state index contributed by atoms with van der Waals surface area (Å²) in [4.78, 5) is 25.0. The molecule has 1 heterocycles. The number of rotatable bonds is 6. The fourth-order valence-electron chi connectivity index (χ4n) is 3.36. The molecule has 4 rings (SSSR count). The highest BCUT2D eigenvalue weighted by molar-refractivity contribution is 6.42. The number of nitrogens with zero attached hydrogens (tertiary/aromatic N) is 1. The minimum absolute atomic E-state index is 0.277. The van der Waals surface area contributed by atoms with Gasteiger partial charge in [-0.25, -0.2) is 0 Å². The van der Waals surface area contributed by atoms with E-state index < -0.39 is 0 Å². The van der Waals surface area contributed by atoms with E-state index in [1.165, 1.54) is 11.6 Å². The van der Waals surface area contributed by atoms with E-state index in [0.717, 1.165) is 24.9 Å². The van der Waals surface area contributed by atoms with E-state index >= 15 is 0 Å². The van der Waals surface area contributed by atoms with Crippen molar-refractivity contribution < 1.29 is 14.3 Å². The molecule has 2 amide bonds. The Balaban J connectivity index is 1.36. The number of carbonyl (C=O) groups excluding carboxylic acids is 2. The first-order valence-electron chi connectivity index (χ1n) is 10.0. The van der Waals surface area contributed by atoms with Crippen LogP contribution < -0.4 is 10.1 Å². The fraction of sp³-hybridized carbons (Fsp3) is 0.120. The zero-order valence-electron chi connectivity index (χ0n) is 17.1. The van der Waals surface area contributed by atoms with Gasteiger partial charge in [-0.3, -0.25) is 9.59 Å². The van der Waals surface area contributed by atoms with E-state index in [0.29, 0.717) is 39.3 Å². The predicted molar refractivity (Wildman–Crippen MR) is 128 cm³/mol. The largest absolute Gasteiger partial charge is 0.457 e. The molecule has 0 bridgehead atoms. The highest BCUT2D eigenvalue weighted by atomic mass is 35.5. The zero-order valence-corrected chi connectivity index (χ0v) is 18.6. The third-order valence-electron chi connectivity index (χ3n) is 5.14. The molecule has 0 unspecified atom stereocenters. The SMILES string of the molecule is O=CN1CC=C(c2ccc(Oc3ccc(NC(=O)c4ccc(Cl)c(Cl)c4)cc3)cc2)CC1. The van der Waals surface area contributed by atoms with Crippen molar-refractivity contribution >= 4 is 46.8 Å². The van der Waals surface area contributed by atoms with E-state index in [-0.39, 0.29) is 5.91 Å². The molecule has 3 aromatic carbocycles. The fourth-order valence-corrected chi connectivity index (χ4v) is 3.66. The molecular weight excluding hydrogens is 447 g/mol. The first kappa shape index (κ1) is 21.9. The average molecular weight is 467 g/mol. The van der Waals surface area contributed by atoms with Crippen LogP contribution in [0.15, 0.2) is 72.8 Å². The molecule has 0 aliphatic carbocycles. The summed E-state index contributed by atoms with van der Waals surface area (Å²) in [6, 6.07) is 19.7. The Morgan fingerprint density at radius 3 is 2.22 bits per heavy atom. The quantitative estimate of drug-likeness (QED) is 0.434. The number of hydrogen-bond acceptors (Lipinski definition) is 3. The van der Waals surface area contributed by atoms with Gasteiger partial charge in [-0.15, -0.1) is 0 Å². The third kappa shape index (κ3) is 5.31. The molecule has 3 aromatic rings. The summed E-state index contributed by atoms with van der Waals surface area (Å²) in [5.41, 5.74) is 3.42. The van der Waals surface area contributed by atoms with Crippen molar-refractivity contribution in [2.45, 2.75) is 6.42 Å². The van der Waals surface area contributed by atoms with Crippen LogP contribution in [0.4, 0.5) is 5.69 Å². The van der Waals surface area contributed by atoms with Gasteiger partial charge in [0.15, 0.2) is 0 Å². The van der Waals surface area contributed by atoms with Gasteiger partial charge in [-0.2, -0.15) is 0 Å². The van der Waals surface area contributed by atoms with Gasteiger partial charge >= 0.3 is 0 Å². The summed E-state index contributed by atoms with van der Waals surface area (Å²) in [5.74, 6) is 1.09. The minimum atomic E-state index is -0.277. The van der Waals surface area contributed by atoms with Gasteiger partial charge in [0.05, 0.1) is 10.0 Å². The number of anilines is 1. The van der Waals surface area contributed by atoms with Crippen LogP contribution in [0.3, 0.4) is 0 Å². The standard InChI is InChI=1S/C25H20Cl2N2O3/c26-23-10-3-19(15-24(23)27)25(31)28-20-4-8-22(9-5-20)32-21-6-1-17(2-7-21)18-11-13-29(16-30)14-12-18/h1-11,15-16H,12-14H2,(H,28,31). The van der Waals surface area contributed by atoms with E-state index in [1.807, 2.05) is 24.3 Å². The van der Waals surface area contributed by atoms with Crippen molar-refractivity contribution in [1.29, 1.82) is 0 Å². The van der Waals surface area contributed by atoms with E-state index in [2.05, 4.69) is 11.4 Å². The van der Waals surface area contributed by atoms with Crippen LogP contribution in [0.25, 0.3) is 5.57 Å². The van der Waals surface area contributed by atoms with Gasteiger partial charge in [0.1, 0.15) is 11.5 Å². The third-order valence-corrected chi connectivity index (χ3v) is 5.88. The molecule has 0 saturated carbocycles. The molecule has 162 valence electrons. The van der Waals surface area contributed by atoms with Gasteiger partial charge in [0.25, 0.3) is 5.91 Å². The molecule has 0 radical (unpaired) electrons. The topological polar surface area (TPSA) is 58.6 Å². The molecular formula is C25H20Cl2N2O3. The molecule has 0 aromatic heterocycles. The van der Waals surface area contributed by atoms with Gasteiger partial charge in [0.2, 0.25) is 6.41 Å². The Hall–Kier alpha value is -3.28. The van der Waals surface area contributed by atoms with E-state index in [1.54, 1.807) is 41.3 Å². The number of nitrogens with one attached hydrogen (secondary N) is 1. The number of hydrogen-bond donors (Lipinski definition) is 1. The average Bonchev–Trinajstić information content (AvgIpc) is 2.82. The monoisotopic (exact) mass is 466 g/mol. The van der Waals surface area contributed by atoms with Gasteiger partial charge in [-0.1, -0.05) is 41.4 Å². The minimum Gasteiger partial charge on any atom is -0.457 e.